The zero-order valence-corrected chi connectivity index (χ0v) is 8.96. The van der Waals surface area contributed by atoms with E-state index in [1.807, 2.05) is 0 Å². The summed E-state index contributed by atoms with van der Waals surface area (Å²) < 4.78 is 5.51. The van der Waals surface area contributed by atoms with Crippen LogP contribution in [-0.2, 0) is 0 Å². The van der Waals surface area contributed by atoms with E-state index in [4.69, 9.17) is 16.2 Å². The number of nitrogens with zero attached hydrogens (tertiary/aromatic N) is 1. The van der Waals surface area contributed by atoms with Crippen LogP contribution in [0.2, 0.25) is 0 Å². The Morgan fingerprint density at radius 2 is 1.94 bits per heavy atom. The fourth-order valence-corrected chi connectivity index (χ4v) is 1.34. The smallest absolute Gasteiger partial charge is 0.252 e. The number of primary amides is 1. The van der Waals surface area contributed by atoms with Crippen molar-refractivity contribution in [3.63, 3.8) is 0 Å². The summed E-state index contributed by atoms with van der Waals surface area (Å²) in [6.45, 7) is 0. The molecule has 1 amide bonds. The fraction of sp³-hybridized carbons (Fsp3) is 0. The summed E-state index contributed by atoms with van der Waals surface area (Å²) in [6, 6.07) is 10.0. The average molecular weight is 229 g/mol. The molecule has 2 aromatic rings. The molecule has 0 saturated carbocycles. The summed E-state index contributed by atoms with van der Waals surface area (Å²) in [6.07, 6.45) is 1.48. The molecule has 0 fully saturated rings. The molecule has 2 rings (SSSR count). The van der Waals surface area contributed by atoms with E-state index in [2.05, 4.69) is 4.98 Å². The minimum Gasteiger partial charge on any atom is -0.455 e. The molecule has 5 heteroatoms. The van der Waals surface area contributed by atoms with Crippen molar-refractivity contribution in [1.29, 1.82) is 0 Å². The van der Waals surface area contributed by atoms with Crippen LogP contribution in [0.5, 0.6) is 11.5 Å². The molecule has 0 atom stereocenters. The topological polar surface area (TPSA) is 91.2 Å². The second kappa shape index (κ2) is 4.52. The second-order valence-corrected chi connectivity index (χ2v) is 3.38. The maximum Gasteiger partial charge on any atom is 0.252 e. The van der Waals surface area contributed by atoms with Crippen LogP contribution in [0.1, 0.15) is 10.4 Å². The molecule has 86 valence electrons. The number of amides is 1. The van der Waals surface area contributed by atoms with Gasteiger partial charge in [-0.05, 0) is 24.3 Å². The third-order valence-corrected chi connectivity index (χ3v) is 2.14. The van der Waals surface area contributed by atoms with Crippen molar-refractivity contribution < 1.29 is 9.53 Å². The number of benzene rings is 1. The first-order valence-corrected chi connectivity index (χ1v) is 4.95. The fourth-order valence-electron chi connectivity index (χ4n) is 1.34. The van der Waals surface area contributed by atoms with Crippen molar-refractivity contribution in [2.75, 3.05) is 5.73 Å². The number of hydrogen-bond acceptors (Lipinski definition) is 4. The van der Waals surface area contributed by atoms with Gasteiger partial charge in [0.25, 0.3) is 5.91 Å². The predicted octanol–water partition coefficient (Wildman–Crippen LogP) is 1.55. The molecule has 0 spiro atoms. The number of anilines is 1. The van der Waals surface area contributed by atoms with Crippen molar-refractivity contribution in [2.24, 2.45) is 5.73 Å². The first-order chi connectivity index (χ1) is 8.16. The van der Waals surface area contributed by atoms with Crippen LogP contribution in [0.15, 0.2) is 42.6 Å². The van der Waals surface area contributed by atoms with Gasteiger partial charge < -0.3 is 16.2 Å². The maximum absolute atomic E-state index is 11.2. The number of nitrogen functional groups attached to an aromatic ring is 1. The first kappa shape index (κ1) is 10.9. The molecule has 1 aromatic carbocycles. The van der Waals surface area contributed by atoms with E-state index >= 15 is 0 Å². The summed E-state index contributed by atoms with van der Waals surface area (Å²) in [5.74, 6) is 0.754. The number of nitrogens with two attached hydrogens (primary N) is 2. The van der Waals surface area contributed by atoms with Crippen molar-refractivity contribution in [3.8, 4) is 11.5 Å². The van der Waals surface area contributed by atoms with Crippen LogP contribution in [0.25, 0.3) is 0 Å². The van der Waals surface area contributed by atoms with Gasteiger partial charge in [0.2, 0.25) is 0 Å². The van der Waals surface area contributed by atoms with Crippen LogP contribution >= 0.6 is 0 Å². The van der Waals surface area contributed by atoms with Gasteiger partial charge in [0.1, 0.15) is 17.3 Å². The number of rotatable bonds is 3. The largest absolute Gasteiger partial charge is 0.455 e. The highest BCUT2D eigenvalue weighted by Gasteiger charge is 2.08. The minimum atomic E-state index is -0.538. The molecule has 0 saturated heterocycles. The standard InChI is InChI=1S/C12H11N3O2/c13-11-6-5-8(7-15-11)17-10-4-2-1-3-9(10)12(14)16/h1-7H,(H2,13,15)(H2,14,16). The lowest BCUT2D eigenvalue weighted by Crippen LogP contribution is -2.12. The van der Waals surface area contributed by atoms with E-state index in [-0.39, 0.29) is 0 Å². The van der Waals surface area contributed by atoms with Gasteiger partial charge in [0.15, 0.2) is 0 Å². The number of pyridine rings is 1. The van der Waals surface area contributed by atoms with E-state index in [1.165, 1.54) is 6.20 Å². The number of ether oxygens (including phenoxy) is 1. The Labute approximate surface area is 98.0 Å². The molecule has 0 radical (unpaired) electrons. The Bertz CT molecular complexity index is 538. The highest BCUT2D eigenvalue weighted by molar-refractivity contribution is 5.95. The average Bonchev–Trinajstić information content (AvgIpc) is 2.32. The molecular weight excluding hydrogens is 218 g/mol. The van der Waals surface area contributed by atoms with Crippen molar-refractivity contribution in [1.82, 2.24) is 4.98 Å². The molecule has 1 heterocycles. The molecule has 0 aliphatic carbocycles. The van der Waals surface area contributed by atoms with Crippen molar-refractivity contribution in [2.45, 2.75) is 0 Å². The van der Waals surface area contributed by atoms with Gasteiger partial charge in [0, 0.05) is 0 Å². The molecule has 0 unspecified atom stereocenters. The van der Waals surface area contributed by atoms with Gasteiger partial charge in [-0.25, -0.2) is 4.98 Å². The van der Waals surface area contributed by atoms with Gasteiger partial charge >= 0.3 is 0 Å². The molecule has 0 aliphatic heterocycles. The van der Waals surface area contributed by atoms with Gasteiger partial charge in [-0.1, -0.05) is 12.1 Å². The highest BCUT2D eigenvalue weighted by atomic mass is 16.5. The van der Waals surface area contributed by atoms with E-state index in [0.29, 0.717) is 22.9 Å². The number of carbonyl (C=O) groups is 1. The molecule has 17 heavy (non-hydrogen) atoms. The lowest BCUT2D eigenvalue weighted by molar-refractivity contribution is 0.0998. The SMILES string of the molecule is NC(=O)c1ccccc1Oc1ccc(N)nc1. The van der Waals surface area contributed by atoms with Gasteiger partial charge in [-0.3, -0.25) is 4.79 Å². The number of para-hydroxylation sites is 1. The molecule has 0 bridgehead atoms. The second-order valence-electron chi connectivity index (χ2n) is 3.38. The van der Waals surface area contributed by atoms with Crippen molar-refractivity contribution >= 4 is 11.7 Å². The minimum absolute atomic E-state index is 0.323. The quantitative estimate of drug-likeness (QED) is 0.835. The van der Waals surface area contributed by atoms with Crippen molar-refractivity contribution in [3.05, 3.63) is 48.2 Å². The summed E-state index contributed by atoms with van der Waals surface area (Å²) >= 11 is 0. The van der Waals surface area contributed by atoms with E-state index in [9.17, 15) is 4.79 Å². The Kier molecular flexibility index (Phi) is 2.91. The van der Waals surface area contributed by atoms with E-state index < -0.39 is 5.91 Å². The first-order valence-electron chi connectivity index (χ1n) is 4.95. The van der Waals surface area contributed by atoms with Crippen LogP contribution in [0.4, 0.5) is 5.82 Å². The predicted molar refractivity (Wildman–Crippen MR) is 63.7 cm³/mol. The number of aromatic nitrogens is 1. The van der Waals surface area contributed by atoms with Gasteiger partial charge in [-0.15, -0.1) is 0 Å². The van der Waals surface area contributed by atoms with Crippen LogP contribution in [-0.4, -0.2) is 10.9 Å². The zero-order valence-electron chi connectivity index (χ0n) is 8.96. The molecule has 1 aromatic heterocycles. The summed E-state index contributed by atoms with van der Waals surface area (Å²) in [5, 5.41) is 0. The Morgan fingerprint density at radius 3 is 2.59 bits per heavy atom. The van der Waals surface area contributed by atoms with Gasteiger partial charge in [-0.2, -0.15) is 0 Å². The van der Waals surface area contributed by atoms with E-state index in [0.717, 1.165) is 0 Å². The lowest BCUT2D eigenvalue weighted by atomic mass is 10.2. The third-order valence-electron chi connectivity index (χ3n) is 2.14. The van der Waals surface area contributed by atoms with Crippen LogP contribution < -0.4 is 16.2 Å². The van der Waals surface area contributed by atoms with Crippen LogP contribution in [0, 0.1) is 0 Å². The Hall–Kier alpha value is -2.56. The summed E-state index contributed by atoms with van der Waals surface area (Å²) in [7, 11) is 0. The lowest BCUT2D eigenvalue weighted by Gasteiger charge is -2.08. The van der Waals surface area contributed by atoms with E-state index in [1.54, 1.807) is 36.4 Å². The Balaban J connectivity index is 2.30. The Morgan fingerprint density at radius 1 is 1.18 bits per heavy atom. The zero-order chi connectivity index (χ0) is 12.3. The number of hydrogen-bond donors (Lipinski definition) is 2. The number of carbonyl (C=O) groups excluding carboxylic acids is 1. The normalized spacial score (nSPS) is 9.88. The molecule has 0 aliphatic rings. The van der Waals surface area contributed by atoms with Gasteiger partial charge in [0.05, 0.1) is 11.8 Å². The summed E-state index contributed by atoms with van der Waals surface area (Å²) in [4.78, 5) is 15.1. The highest BCUT2D eigenvalue weighted by Crippen LogP contribution is 2.24. The molecule has 4 N–H and O–H groups in total. The summed E-state index contributed by atoms with van der Waals surface area (Å²) in [5.41, 5.74) is 11.0. The molecule has 5 nitrogen and oxygen atoms in total. The maximum atomic E-state index is 11.2. The van der Waals surface area contributed by atoms with Crippen LogP contribution in [0.3, 0.4) is 0 Å². The molecular formula is C12H11N3O2. The monoisotopic (exact) mass is 229 g/mol. The third kappa shape index (κ3) is 2.52.